The molecule has 128 valence electrons. The lowest BCUT2D eigenvalue weighted by Crippen LogP contribution is -2.41. The van der Waals surface area contributed by atoms with Crippen LogP contribution >= 0.6 is 0 Å². The van der Waals surface area contributed by atoms with Gasteiger partial charge >= 0.3 is 6.18 Å². The molecule has 0 saturated heterocycles. The minimum Gasteiger partial charge on any atom is -0.342 e. The molecule has 1 rings (SSSR count). The third-order valence-corrected chi connectivity index (χ3v) is 3.44. The largest absolute Gasteiger partial charge is 0.433 e. The van der Waals surface area contributed by atoms with Gasteiger partial charge in [0.25, 0.3) is 5.91 Å². The summed E-state index contributed by atoms with van der Waals surface area (Å²) in [6.07, 6.45) is -4.56. The molecule has 1 aromatic heterocycles. The van der Waals surface area contributed by atoms with Crippen LogP contribution in [0.3, 0.4) is 0 Å². The maximum Gasteiger partial charge on any atom is 0.433 e. The van der Waals surface area contributed by atoms with Crippen molar-refractivity contribution in [3.63, 3.8) is 0 Å². The highest BCUT2D eigenvalue weighted by atomic mass is 19.4. The van der Waals surface area contributed by atoms with Crippen LogP contribution in [-0.2, 0) is 11.0 Å². The number of alkyl halides is 3. The van der Waals surface area contributed by atoms with Crippen molar-refractivity contribution in [2.24, 2.45) is 0 Å². The summed E-state index contributed by atoms with van der Waals surface area (Å²) < 4.78 is 37.8. The van der Waals surface area contributed by atoms with Crippen molar-refractivity contribution in [1.82, 2.24) is 14.8 Å². The van der Waals surface area contributed by atoms with Crippen molar-refractivity contribution in [3.8, 4) is 0 Å². The first kappa shape index (κ1) is 18.9. The van der Waals surface area contributed by atoms with Crippen molar-refractivity contribution in [1.29, 1.82) is 0 Å². The van der Waals surface area contributed by atoms with Crippen LogP contribution in [0.2, 0.25) is 0 Å². The number of aromatic nitrogens is 1. The van der Waals surface area contributed by atoms with Crippen LogP contribution in [0.4, 0.5) is 13.2 Å². The summed E-state index contributed by atoms with van der Waals surface area (Å²) in [5.74, 6) is -0.757. The molecule has 0 bridgehead atoms. The Bertz CT molecular complexity index is 584. The highest BCUT2D eigenvalue weighted by molar-refractivity contribution is 5.97. The molecule has 0 spiro atoms. The van der Waals surface area contributed by atoms with E-state index < -0.39 is 17.8 Å². The van der Waals surface area contributed by atoms with E-state index in [2.05, 4.69) is 4.98 Å². The number of carbonyl (C=O) groups excluding carboxylic acids is 2. The van der Waals surface area contributed by atoms with Crippen LogP contribution in [0.5, 0.6) is 0 Å². The lowest BCUT2D eigenvalue weighted by atomic mass is 10.1. The number of rotatable bonds is 5. The van der Waals surface area contributed by atoms with Gasteiger partial charge in [0.2, 0.25) is 5.91 Å². The van der Waals surface area contributed by atoms with Crippen molar-refractivity contribution in [3.05, 3.63) is 29.1 Å². The van der Waals surface area contributed by atoms with E-state index in [1.54, 1.807) is 4.90 Å². The molecule has 0 atom stereocenters. The zero-order chi connectivity index (χ0) is 17.8. The van der Waals surface area contributed by atoms with Crippen molar-refractivity contribution < 1.29 is 22.8 Å². The number of nitrogens with zero attached hydrogens (tertiary/aromatic N) is 3. The van der Waals surface area contributed by atoms with Crippen molar-refractivity contribution in [2.45, 2.75) is 26.9 Å². The van der Waals surface area contributed by atoms with Gasteiger partial charge in [-0.05, 0) is 32.9 Å². The second-order valence-electron chi connectivity index (χ2n) is 5.05. The number of hydrogen-bond donors (Lipinski definition) is 0. The van der Waals surface area contributed by atoms with Crippen LogP contribution in [0, 0.1) is 6.92 Å². The van der Waals surface area contributed by atoms with Gasteiger partial charge in [-0.15, -0.1) is 0 Å². The molecule has 2 amide bonds. The van der Waals surface area contributed by atoms with E-state index in [9.17, 15) is 22.8 Å². The van der Waals surface area contributed by atoms with Gasteiger partial charge in [0.05, 0.1) is 17.8 Å². The first-order chi connectivity index (χ1) is 10.6. The lowest BCUT2D eigenvalue weighted by molar-refractivity contribution is -0.141. The maximum absolute atomic E-state index is 12.6. The van der Waals surface area contributed by atoms with E-state index in [1.807, 2.05) is 13.8 Å². The van der Waals surface area contributed by atoms with Gasteiger partial charge < -0.3 is 9.80 Å². The Morgan fingerprint density at radius 2 is 1.74 bits per heavy atom. The lowest BCUT2D eigenvalue weighted by Gasteiger charge is -2.23. The summed E-state index contributed by atoms with van der Waals surface area (Å²) in [7, 11) is 1.43. The van der Waals surface area contributed by atoms with E-state index in [0.29, 0.717) is 13.1 Å². The van der Waals surface area contributed by atoms with Gasteiger partial charge in [0.15, 0.2) is 0 Å². The van der Waals surface area contributed by atoms with Crippen LogP contribution in [0.25, 0.3) is 0 Å². The molecule has 1 heterocycles. The average molecular weight is 331 g/mol. The highest BCUT2D eigenvalue weighted by Gasteiger charge is 2.33. The second-order valence-corrected chi connectivity index (χ2v) is 5.05. The number of aryl methyl sites for hydroxylation is 1. The smallest absolute Gasteiger partial charge is 0.342 e. The third-order valence-electron chi connectivity index (χ3n) is 3.44. The average Bonchev–Trinajstić information content (AvgIpc) is 2.46. The van der Waals surface area contributed by atoms with Gasteiger partial charge in [0, 0.05) is 20.1 Å². The third kappa shape index (κ3) is 4.67. The molecule has 23 heavy (non-hydrogen) atoms. The molecule has 0 fully saturated rings. The Morgan fingerprint density at radius 1 is 1.17 bits per heavy atom. The molecule has 0 aliphatic heterocycles. The Labute approximate surface area is 133 Å². The van der Waals surface area contributed by atoms with Gasteiger partial charge in [-0.2, -0.15) is 13.2 Å². The molecule has 0 aromatic carbocycles. The Balaban J connectivity index is 2.91. The summed E-state index contributed by atoms with van der Waals surface area (Å²) in [4.78, 5) is 30.5. The van der Waals surface area contributed by atoms with Gasteiger partial charge in [-0.1, -0.05) is 0 Å². The monoisotopic (exact) mass is 331 g/mol. The quantitative estimate of drug-likeness (QED) is 0.832. The summed E-state index contributed by atoms with van der Waals surface area (Å²) in [6.45, 7) is 5.90. The topological polar surface area (TPSA) is 53.5 Å². The van der Waals surface area contributed by atoms with Crippen LogP contribution in [-0.4, -0.2) is 53.3 Å². The summed E-state index contributed by atoms with van der Waals surface area (Å²) >= 11 is 0. The number of likely N-dealkylation sites (N-methyl/N-ethyl adjacent to an activating group) is 2. The Morgan fingerprint density at radius 3 is 2.17 bits per heavy atom. The van der Waals surface area contributed by atoms with Crippen LogP contribution in [0.1, 0.15) is 35.6 Å². The molecule has 5 nitrogen and oxygen atoms in total. The fourth-order valence-corrected chi connectivity index (χ4v) is 2.10. The van der Waals surface area contributed by atoms with Crippen molar-refractivity contribution >= 4 is 11.8 Å². The first-order valence-corrected chi connectivity index (χ1v) is 7.19. The predicted octanol–water partition coefficient (Wildman–Crippen LogP) is 2.35. The molecule has 0 unspecified atom stereocenters. The molecule has 0 aliphatic rings. The minimum atomic E-state index is -4.56. The fraction of sp³-hybridized carbons (Fsp3) is 0.533. The molecular weight excluding hydrogens is 311 g/mol. The Kier molecular flexibility index (Phi) is 6.12. The van der Waals surface area contributed by atoms with Gasteiger partial charge in [-0.25, -0.2) is 4.98 Å². The normalized spacial score (nSPS) is 11.3. The molecule has 0 N–H and O–H groups in total. The molecule has 1 aromatic rings. The fourth-order valence-electron chi connectivity index (χ4n) is 2.10. The summed E-state index contributed by atoms with van der Waals surface area (Å²) in [5, 5.41) is 0. The number of halogens is 3. The number of amides is 2. The highest BCUT2D eigenvalue weighted by Crippen LogP contribution is 2.28. The summed E-state index contributed by atoms with van der Waals surface area (Å²) in [6, 6.07) is 1.85. The van der Waals surface area contributed by atoms with Gasteiger partial charge in [-0.3, -0.25) is 9.59 Å². The zero-order valence-corrected chi connectivity index (χ0v) is 13.6. The number of hydrogen-bond acceptors (Lipinski definition) is 3. The van der Waals surface area contributed by atoms with E-state index in [0.717, 1.165) is 12.1 Å². The molecule has 0 radical (unpaired) electrons. The second kappa shape index (κ2) is 7.43. The van der Waals surface area contributed by atoms with E-state index in [4.69, 9.17) is 0 Å². The van der Waals surface area contributed by atoms with Crippen molar-refractivity contribution in [2.75, 3.05) is 26.7 Å². The maximum atomic E-state index is 12.6. The minimum absolute atomic E-state index is 0.0213. The molecule has 0 saturated carbocycles. The van der Waals surface area contributed by atoms with Gasteiger partial charge in [0.1, 0.15) is 5.69 Å². The molecule has 0 aliphatic carbocycles. The van der Waals surface area contributed by atoms with E-state index in [-0.39, 0.29) is 23.7 Å². The van der Waals surface area contributed by atoms with Crippen LogP contribution < -0.4 is 0 Å². The van der Waals surface area contributed by atoms with E-state index in [1.165, 1.54) is 18.9 Å². The predicted molar refractivity (Wildman–Crippen MR) is 78.9 cm³/mol. The number of pyridine rings is 1. The number of carbonyl (C=O) groups is 2. The SMILES string of the molecule is CCN(CC)C(=O)CN(C)C(=O)c1ccc(C(F)(F)F)nc1C. The Hall–Kier alpha value is -2.12. The zero-order valence-electron chi connectivity index (χ0n) is 13.6. The van der Waals surface area contributed by atoms with E-state index >= 15 is 0 Å². The van der Waals surface area contributed by atoms with Crippen LogP contribution in [0.15, 0.2) is 12.1 Å². The molecular formula is C15H20F3N3O2. The summed E-state index contributed by atoms with van der Waals surface area (Å²) in [5.41, 5.74) is -1.02. The first-order valence-electron chi connectivity index (χ1n) is 7.19. The molecule has 8 heteroatoms. The standard InChI is InChI=1S/C15H20F3N3O2/c1-5-21(6-2)13(22)9-20(4)14(23)11-7-8-12(15(16,17)18)19-10(11)3/h7-8H,5-6,9H2,1-4H3.